The van der Waals surface area contributed by atoms with Gasteiger partial charge in [0.25, 0.3) is 0 Å². The van der Waals surface area contributed by atoms with Crippen LogP contribution >= 0.6 is 0 Å². The first-order chi connectivity index (χ1) is 29.7. The van der Waals surface area contributed by atoms with Crippen molar-refractivity contribution in [2.75, 3.05) is 0 Å². The Morgan fingerprint density at radius 2 is 0.983 bits per heavy atom. The molecular formula is C55H35N3O2. The molecule has 1 aliphatic heterocycles. The van der Waals surface area contributed by atoms with Gasteiger partial charge in [-0.3, -0.25) is 0 Å². The number of fused-ring (bicyclic) bond motifs is 7. The van der Waals surface area contributed by atoms with Crippen LogP contribution in [-0.4, -0.2) is 11.7 Å². The molecule has 282 valence electrons. The van der Waals surface area contributed by atoms with E-state index in [9.17, 15) is 0 Å². The van der Waals surface area contributed by atoms with E-state index < -0.39 is 6.17 Å². The predicted octanol–water partition coefficient (Wildman–Crippen LogP) is 14.1. The molecule has 0 fully saturated rings. The molecule has 0 saturated carbocycles. The summed E-state index contributed by atoms with van der Waals surface area (Å²) in [7, 11) is 0. The first kappa shape index (κ1) is 34.1. The van der Waals surface area contributed by atoms with Crippen molar-refractivity contribution in [2.24, 2.45) is 9.98 Å². The molecular weight excluding hydrogens is 735 g/mol. The number of nitrogens with zero attached hydrogens (tertiary/aromatic N) is 2. The van der Waals surface area contributed by atoms with Crippen LogP contribution in [0.4, 0.5) is 0 Å². The van der Waals surface area contributed by atoms with Crippen molar-refractivity contribution >= 4 is 66.3 Å². The Hall–Kier alpha value is -8.02. The molecule has 1 unspecified atom stereocenters. The van der Waals surface area contributed by atoms with Crippen LogP contribution in [0, 0.1) is 0 Å². The molecule has 3 heterocycles. The third kappa shape index (κ3) is 5.78. The molecule has 0 aliphatic carbocycles. The summed E-state index contributed by atoms with van der Waals surface area (Å²) in [4.78, 5) is 10.7. The van der Waals surface area contributed by atoms with Gasteiger partial charge in [-0.15, -0.1) is 0 Å². The van der Waals surface area contributed by atoms with Crippen LogP contribution in [-0.2, 0) is 0 Å². The molecule has 5 nitrogen and oxygen atoms in total. The summed E-state index contributed by atoms with van der Waals surface area (Å²) >= 11 is 0. The predicted molar refractivity (Wildman–Crippen MR) is 247 cm³/mol. The maximum absolute atomic E-state index is 6.79. The van der Waals surface area contributed by atoms with E-state index in [1.54, 1.807) is 0 Å². The number of aliphatic imine (C=N–C) groups is 2. The van der Waals surface area contributed by atoms with Crippen molar-refractivity contribution in [3.63, 3.8) is 0 Å². The highest BCUT2D eigenvalue weighted by Crippen LogP contribution is 2.40. The fourth-order valence-corrected chi connectivity index (χ4v) is 8.73. The molecule has 12 rings (SSSR count). The highest BCUT2D eigenvalue weighted by atomic mass is 16.3. The van der Waals surface area contributed by atoms with Crippen LogP contribution in [0.25, 0.3) is 88.0 Å². The molecule has 1 aliphatic rings. The first-order valence-electron chi connectivity index (χ1n) is 20.2. The minimum atomic E-state index is -0.506. The van der Waals surface area contributed by atoms with Crippen molar-refractivity contribution in [3.05, 3.63) is 217 Å². The molecule has 5 heteroatoms. The van der Waals surface area contributed by atoms with Gasteiger partial charge in [-0.2, -0.15) is 0 Å². The maximum Gasteiger partial charge on any atom is 0.159 e. The zero-order chi connectivity index (χ0) is 39.6. The molecule has 0 saturated heterocycles. The van der Waals surface area contributed by atoms with E-state index in [0.29, 0.717) is 11.7 Å². The normalized spacial score (nSPS) is 14.2. The minimum absolute atomic E-state index is 0.506. The number of hydrogen-bond donors (Lipinski definition) is 1. The van der Waals surface area contributed by atoms with Crippen LogP contribution in [0.5, 0.6) is 0 Å². The van der Waals surface area contributed by atoms with E-state index in [1.807, 2.05) is 24.3 Å². The highest BCUT2D eigenvalue weighted by Gasteiger charge is 2.27. The van der Waals surface area contributed by atoms with Crippen molar-refractivity contribution < 1.29 is 8.83 Å². The summed E-state index contributed by atoms with van der Waals surface area (Å²) in [6.45, 7) is 0. The van der Waals surface area contributed by atoms with Crippen LogP contribution in [0.15, 0.2) is 219 Å². The van der Waals surface area contributed by atoms with Crippen molar-refractivity contribution in [2.45, 2.75) is 6.17 Å². The minimum Gasteiger partial charge on any atom is -0.456 e. The van der Waals surface area contributed by atoms with Gasteiger partial charge in [-0.25, -0.2) is 9.98 Å². The zero-order valence-electron chi connectivity index (χ0n) is 32.3. The third-order valence-electron chi connectivity index (χ3n) is 11.7. The van der Waals surface area contributed by atoms with E-state index in [0.717, 1.165) is 99.2 Å². The molecule has 2 aromatic heterocycles. The lowest BCUT2D eigenvalue weighted by Crippen LogP contribution is -2.33. The number of hydrogen-bond acceptors (Lipinski definition) is 5. The van der Waals surface area contributed by atoms with Gasteiger partial charge in [-0.05, 0) is 74.5 Å². The highest BCUT2D eigenvalue weighted by molar-refractivity contribution is 6.23. The average Bonchev–Trinajstić information content (AvgIpc) is 3.89. The number of rotatable bonds is 6. The van der Waals surface area contributed by atoms with Gasteiger partial charge >= 0.3 is 0 Å². The van der Waals surface area contributed by atoms with Gasteiger partial charge in [0, 0.05) is 38.2 Å². The molecule has 0 amide bonds. The fourth-order valence-electron chi connectivity index (χ4n) is 8.73. The SMILES string of the molecule is c1ccc(-c2ccc(C3=NC(c4cccc5c4oc4ccccc45)NC(c4cc(-c5ccc(-c6ccccc6)cc5)cc5oc6cc7ccccc7cc6c45)=N3)cc2)cc1. The summed E-state index contributed by atoms with van der Waals surface area (Å²) < 4.78 is 13.4. The molecule has 0 spiro atoms. The molecule has 1 N–H and O–H groups in total. The third-order valence-corrected chi connectivity index (χ3v) is 11.7. The van der Waals surface area contributed by atoms with Crippen molar-refractivity contribution in [1.82, 2.24) is 5.32 Å². The second kappa shape index (κ2) is 13.8. The molecule has 0 bridgehead atoms. The molecule has 0 radical (unpaired) electrons. The van der Waals surface area contributed by atoms with Crippen molar-refractivity contribution in [3.8, 4) is 33.4 Å². The van der Waals surface area contributed by atoms with E-state index in [4.69, 9.17) is 18.8 Å². The standard InChI is InChI=1S/C55H35N3O2/c1-3-12-34(13-4-1)36-22-24-38(25-23-36)42-31-47(51-46-30-40-16-7-8-17-41(40)32-49(46)59-50(51)33-42)55-57-53(39-28-26-37(27-29-39)35-14-5-2-6-15-35)56-54(58-55)45-20-11-19-44-43-18-9-10-21-48(43)60-52(44)45/h1-33,54H,(H,56,57,58). The lowest BCUT2D eigenvalue weighted by atomic mass is 9.95. The van der Waals surface area contributed by atoms with Gasteiger partial charge in [0.05, 0.1) is 0 Å². The Morgan fingerprint density at radius 1 is 0.400 bits per heavy atom. The average molecular weight is 770 g/mol. The Kier molecular flexibility index (Phi) is 7.85. The second-order valence-corrected chi connectivity index (χ2v) is 15.4. The summed E-state index contributed by atoms with van der Waals surface area (Å²) in [5.74, 6) is 1.33. The molecule has 11 aromatic rings. The van der Waals surface area contributed by atoms with Gasteiger partial charge in [0.15, 0.2) is 12.0 Å². The number of amidine groups is 2. The van der Waals surface area contributed by atoms with Crippen molar-refractivity contribution in [1.29, 1.82) is 0 Å². The molecule has 60 heavy (non-hydrogen) atoms. The monoisotopic (exact) mass is 769 g/mol. The number of para-hydroxylation sites is 2. The van der Waals surface area contributed by atoms with Gasteiger partial charge in [0.2, 0.25) is 0 Å². The molecule has 1 atom stereocenters. The maximum atomic E-state index is 6.79. The summed E-state index contributed by atoms with van der Waals surface area (Å²) in [6, 6.07) is 69.9. The van der Waals surface area contributed by atoms with Crippen LogP contribution in [0.1, 0.15) is 22.9 Å². The lowest BCUT2D eigenvalue weighted by molar-refractivity contribution is 0.628. The Balaban J connectivity index is 1.07. The van der Waals surface area contributed by atoms with E-state index >= 15 is 0 Å². The first-order valence-corrected chi connectivity index (χ1v) is 20.2. The lowest BCUT2D eigenvalue weighted by Gasteiger charge is -2.24. The Morgan fingerprint density at radius 3 is 1.70 bits per heavy atom. The summed E-state index contributed by atoms with van der Waals surface area (Å²) in [5.41, 5.74) is 12.8. The largest absolute Gasteiger partial charge is 0.456 e. The van der Waals surface area contributed by atoms with Gasteiger partial charge in [-0.1, -0.05) is 170 Å². The Bertz CT molecular complexity index is 3490. The quantitative estimate of drug-likeness (QED) is 0.183. The number of furan rings is 2. The summed E-state index contributed by atoms with van der Waals surface area (Å²) in [5, 5.41) is 10.2. The smallest absolute Gasteiger partial charge is 0.159 e. The Labute approximate surface area is 345 Å². The topological polar surface area (TPSA) is 63.0 Å². The second-order valence-electron chi connectivity index (χ2n) is 15.4. The zero-order valence-corrected chi connectivity index (χ0v) is 32.3. The summed E-state index contributed by atoms with van der Waals surface area (Å²) in [6.07, 6.45) is -0.506. The van der Waals surface area contributed by atoms with Crippen LogP contribution in [0.3, 0.4) is 0 Å². The fraction of sp³-hybridized carbons (Fsp3) is 0.0182. The number of benzene rings is 9. The van der Waals surface area contributed by atoms with E-state index in [2.05, 4.69) is 181 Å². The number of nitrogens with one attached hydrogen (secondary N) is 1. The van der Waals surface area contributed by atoms with Gasteiger partial charge < -0.3 is 14.2 Å². The van der Waals surface area contributed by atoms with E-state index in [-0.39, 0.29) is 0 Å². The van der Waals surface area contributed by atoms with Crippen LogP contribution < -0.4 is 5.32 Å². The van der Waals surface area contributed by atoms with E-state index in [1.165, 1.54) is 5.56 Å². The van der Waals surface area contributed by atoms with Gasteiger partial charge in [0.1, 0.15) is 28.2 Å². The van der Waals surface area contributed by atoms with Crippen LogP contribution in [0.2, 0.25) is 0 Å². The molecule has 9 aromatic carbocycles.